The van der Waals surface area contributed by atoms with Gasteiger partial charge in [0.2, 0.25) is 0 Å². The predicted molar refractivity (Wildman–Crippen MR) is 85.9 cm³/mol. The molecule has 0 saturated heterocycles. The zero-order chi connectivity index (χ0) is 16.8. The second-order valence-electron chi connectivity index (χ2n) is 6.03. The molecule has 0 bridgehead atoms. The third-order valence-electron chi connectivity index (χ3n) is 4.32. The molecule has 23 heavy (non-hydrogen) atoms. The standard InChI is InChI=1S/C17H25FN2O3/c1-3-11(2)15(21)10-19-17(22)20-14-5-4-8-23-16-9-12(18)6-7-13(14)16/h6-7,9,11,14-15,21H,3-5,8,10H2,1-2H3,(H2,19,20,22). The number of ether oxygens (including phenoxy) is 1. The lowest BCUT2D eigenvalue weighted by molar-refractivity contribution is 0.114. The summed E-state index contributed by atoms with van der Waals surface area (Å²) in [6.45, 7) is 4.65. The van der Waals surface area contributed by atoms with Crippen molar-refractivity contribution in [2.24, 2.45) is 5.92 Å². The molecular weight excluding hydrogens is 299 g/mol. The Morgan fingerprint density at radius 3 is 3.04 bits per heavy atom. The van der Waals surface area contributed by atoms with E-state index in [2.05, 4.69) is 10.6 Å². The van der Waals surface area contributed by atoms with E-state index in [-0.39, 0.29) is 30.4 Å². The maximum Gasteiger partial charge on any atom is 0.315 e. The first kappa shape index (κ1) is 17.5. The summed E-state index contributed by atoms with van der Waals surface area (Å²) in [4.78, 5) is 12.1. The summed E-state index contributed by atoms with van der Waals surface area (Å²) in [6.07, 6.45) is 1.78. The molecule has 0 saturated carbocycles. The highest BCUT2D eigenvalue weighted by Crippen LogP contribution is 2.31. The fourth-order valence-electron chi connectivity index (χ4n) is 2.58. The molecule has 1 aromatic carbocycles. The van der Waals surface area contributed by atoms with Crippen LogP contribution in [0.25, 0.3) is 0 Å². The van der Waals surface area contributed by atoms with Gasteiger partial charge in [-0.1, -0.05) is 26.3 Å². The Morgan fingerprint density at radius 2 is 2.30 bits per heavy atom. The smallest absolute Gasteiger partial charge is 0.315 e. The molecule has 6 heteroatoms. The van der Waals surface area contributed by atoms with Crippen molar-refractivity contribution in [1.29, 1.82) is 0 Å². The van der Waals surface area contributed by atoms with Crippen LogP contribution < -0.4 is 15.4 Å². The number of nitrogens with one attached hydrogen (secondary N) is 2. The number of benzene rings is 1. The van der Waals surface area contributed by atoms with Gasteiger partial charge in [-0.3, -0.25) is 0 Å². The molecule has 3 unspecified atom stereocenters. The molecule has 3 N–H and O–H groups in total. The number of aliphatic hydroxyl groups excluding tert-OH is 1. The highest BCUT2D eigenvalue weighted by atomic mass is 19.1. The van der Waals surface area contributed by atoms with Crippen LogP contribution >= 0.6 is 0 Å². The number of aliphatic hydroxyl groups is 1. The van der Waals surface area contributed by atoms with Gasteiger partial charge in [-0.15, -0.1) is 0 Å². The van der Waals surface area contributed by atoms with Crippen molar-refractivity contribution in [3.8, 4) is 5.75 Å². The van der Waals surface area contributed by atoms with Crippen LogP contribution in [0.2, 0.25) is 0 Å². The number of amides is 2. The maximum atomic E-state index is 13.3. The van der Waals surface area contributed by atoms with Crippen molar-refractivity contribution in [2.75, 3.05) is 13.2 Å². The largest absolute Gasteiger partial charge is 0.493 e. The van der Waals surface area contributed by atoms with Crippen molar-refractivity contribution in [3.05, 3.63) is 29.6 Å². The second kappa shape index (κ2) is 8.15. The number of hydrogen-bond donors (Lipinski definition) is 3. The van der Waals surface area contributed by atoms with E-state index in [0.29, 0.717) is 12.4 Å². The van der Waals surface area contributed by atoms with Gasteiger partial charge >= 0.3 is 6.03 Å². The van der Waals surface area contributed by atoms with E-state index in [9.17, 15) is 14.3 Å². The minimum atomic E-state index is -0.565. The van der Waals surface area contributed by atoms with Gasteiger partial charge in [0.1, 0.15) is 11.6 Å². The summed E-state index contributed by atoms with van der Waals surface area (Å²) in [6, 6.07) is 3.80. The number of carbonyl (C=O) groups excluding carboxylic acids is 1. The molecule has 0 aromatic heterocycles. The van der Waals surface area contributed by atoms with Crippen LogP contribution in [-0.2, 0) is 0 Å². The van der Waals surface area contributed by atoms with Gasteiger partial charge in [0, 0.05) is 18.2 Å². The Balaban J connectivity index is 1.96. The molecule has 3 atom stereocenters. The van der Waals surface area contributed by atoms with Crippen molar-refractivity contribution in [3.63, 3.8) is 0 Å². The molecule has 1 aliphatic heterocycles. The lowest BCUT2D eigenvalue weighted by Gasteiger charge is -2.21. The number of urea groups is 1. The number of hydrogen-bond acceptors (Lipinski definition) is 3. The van der Waals surface area contributed by atoms with Crippen LogP contribution in [-0.4, -0.2) is 30.4 Å². The fourth-order valence-corrected chi connectivity index (χ4v) is 2.58. The van der Waals surface area contributed by atoms with E-state index >= 15 is 0 Å². The van der Waals surface area contributed by atoms with E-state index in [0.717, 1.165) is 24.8 Å². The molecule has 0 radical (unpaired) electrons. The first-order valence-electron chi connectivity index (χ1n) is 8.16. The quantitative estimate of drug-likeness (QED) is 0.780. The summed E-state index contributed by atoms with van der Waals surface area (Å²) >= 11 is 0. The first-order chi connectivity index (χ1) is 11.0. The lowest BCUT2D eigenvalue weighted by atomic mass is 10.0. The van der Waals surface area contributed by atoms with Gasteiger partial charge in [0.05, 0.1) is 18.8 Å². The first-order valence-corrected chi connectivity index (χ1v) is 8.16. The Hall–Kier alpha value is -1.82. The third kappa shape index (κ3) is 4.82. The Morgan fingerprint density at radius 1 is 1.52 bits per heavy atom. The summed E-state index contributed by atoms with van der Waals surface area (Å²) < 4.78 is 18.9. The van der Waals surface area contributed by atoms with Crippen LogP contribution in [0.5, 0.6) is 5.75 Å². The molecule has 0 spiro atoms. The van der Waals surface area contributed by atoms with Crippen LogP contribution in [0.15, 0.2) is 18.2 Å². The van der Waals surface area contributed by atoms with Crippen molar-refractivity contribution >= 4 is 6.03 Å². The van der Waals surface area contributed by atoms with E-state index in [4.69, 9.17) is 4.74 Å². The zero-order valence-electron chi connectivity index (χ0n) is 13.6. The van der Waals surface area contributed by atoms with E-state index in [1.165, 1.54) is 12.1 Å². The van der Waals surface area contributed by atoms with Gasteiger partial charge in [-0.2, -0.15) is 0 Å². The summed E-state index contributed by atoms with van der Waals surface area (Å²) in [5.41, 5.74) is 0.779. The minimum Gasteiger partial charge on any atom is -0.493 e. The monoisotopic (exact) mass is 324 g/mol. The summed E-state index contributed by atoms with van der Waals surface area (Å²) in [7, 11) is 0. The van der Waals surface area contributed by atoms with Gasteiger partial charge in [-0.25, -0.2) is 9.18 Å². The molecule has 2 amide bonds. The van der Waals surface area contributed by atoms with Crippen molar-refractivity contribution in [2.45, 2.75) is 45.3 Å². The average molecular weight is 324 g/mol. The van der Waals surface area contributed by atoms with Crippen LogP contribution in [0.1, 0.15) is 44.7 Å². The van der Waals surface area contributed by atoms with Crippen molar-refractivity contribution < 1.29 is 19.0 Å². The van der Waals surface area contributed by atoms with Crippen molar-refractivity contribution in [1.82, 2.24) is 10.6 Å². The Bertz CT molecular complexity index is 539. The lowest BCUT2D eigenvalue weighted by Crippen LogP contribution is -2.42. The van der Waals surface area contributed by atoms with Gasteiger partial charge in [-0.05, 0) is 24.8 Å². The highest BCUT2D eigenvalue weighted by molar-refractivity contribution is 5.74. The Labute approximate surface area is 136 Å². The molecule has 1 aliphatic rings. The maximum absolute atomic E-state index is 13.3. The minimum absolute atomic E-state index is 0.130. The second-order valence-corrected chi connectivity index (χ2v) is 6.03. The summed E-state index contributed by atoms with van der Waals surface area (Å²) in [5.74, 6) is 0.253. The number of halogens is 1. The number of rotatable bonds is 5. The molecule has 1 aromatic rings. The van der Waals surface area contributed by atoms with Gasteiger partial charge < -0.3 is 20.5 Å². The topological polar surface area (TPSA) is 70.6 Å². The predicted octanol–water partition coefficient (Wildman–Crippen LogP) is 2.75. The molecule has 5 nitrogen and oxygen atoms in total. The SMILES string of the molecule is CCC(C)C(O)CNC(=O)NC1CCCOc2cc(F)ccc21. The third-order valence-corrected chi connectivity index (χ3v) is 4.32. The van der Waals surface area contributed by atoms with Gasteiger partial charge in [0.15, 0.2) is 0 Å². The number of fused-ring (bicyclic) bond motifs is 1. The fraction of sp³-hybridized carbons (Fsp3) is 0.588. The molecule has 1 heterocycles. The molecule has 2 rings (SSSR count). The molecule has 128 valence electrons. The molecule has 0 fully saturated rings. The van der Waals surface area contributed by atoms with E-state index in [1.807, 2.05) is 13.8 Å². The van der Waals surface area contributed by atoms with Crippen LogP contribution in [0.3, 0.4) is 0 Å². The average Bonchev–Trinajstić information content (AvgIpc) is 2.73. The highest BCUT2D eigenvalue weighted by Gasteiger charge is 2.22. The summed E-state index contributed by atoms with van der Waals surface area (Å²) in [5, 5.41) is 15.5. The van der Waals surface area contributed by atoms with Crippen LogP contribution in [0.4, 0.5) is 9.18 Å². The van der Waals surface area contributed by atoms with E-state index < -0.39 is 6.10 Å². The normalized spacial score (nSPS) is 19.7. The Kier molecular flexibility index (Phi) is 6.21. The molecular formula is C17H25FN2O3. The van der Waals surface area contributed by atoms with Crippen LogP contribution in [0, 0.1) is 11.7 Å². The zero-order valence-corrected chi connectivity index (χ0v) is 13.6. The molecule has 0 aliphatic carbocycles. The number of carbonyl (C=O) groups is 1. The van der Waals surface area contributed by atoms with E-state index in [1.54, 1.807) is 6.07 Å². The van der Waals surface area contributed by atoms with Gasteiger partial charge in [0.25, 0.3) is 0 Å².